The zero-order valence-corrected chi connectivity index (χ0v) is 17.0. The maximum Gasteiger partial charge on any atom is 0.279 e. The lowest BCUT2D eigenvalue weighted by molar-refractivity contribution is 0.0998. The molecule has 1 aromatic heterocycles. The number of hydrogen-bond acceptors (Lipinski definition) is 5. The second kappa shape index (κ2) is 7.96. The van der Waals surface area contributed by atoms with Crippen LogP contribution in [0.2, 0.25) is 5.02 Å². The zero-order valence-electron chi connectivity index (χ0n) is 14.6. The van der Waals surface area contributed by atoms with Crippen LogP contribution >= 0.6 is 34.7 Å². The molecule has 1 aliphatic rings. The van der Waals surface area contributed by atoms with Gasteiger partial charge in [-0.2, -0.15) is 16.8 Å². The van der Waals surface area contributed by atoms with Gasteiger partial charge in [0.2, 0.25) is 0 Å². The van der Waals surface area contributed by atoms with E-state index < -0.39 is 0 Å². The molecule has 0 N–H and O–H groups in total. The maximum absolute atomic E-state index is 12.6. The highest BCUT2D eigenvalue weighted by Gasteiger charge is 2.17. The van der Waals surface area contributed by atoms with Gasteiger partial charge in [0, 0.05) is 35.0 Å². The predicted octanol–water partition coefficient (Wildman–Crippen LogP) is 4.23. The van der Waals surface area contributed by atoms with Gasteiger partial charge in [-0.3, -0.25) is 4.79 Å². The highest BCUT2D eigenvalue weighted by Crippen LogP contribution is 2.35. The minimum atomic E-state index is -0.284. The quantitative estimate of drug-likeness (QED) is 0.633. The van der Waals surface area contributed by atoms with Crippen LogP contribution in [0.3, 0.4) is 0 Å². The summed E-state index contributed by atoms with van der Waals surface area (Å²) >= 11 is 9.13. The predicted molar refractivity (Wildman–Crippen MR) is 111 cm³/mol. The summed E-state index contributed by atoms with van der Waals surface area (Å²) in [7, 11) is 0. The van der Waals surface area contributed by atoms with Crippen molar-refractivity contribution in [3.8, 4) is 11.5 Å². The number of thiazole rings is 1. The summed E-state index contributed by atoms with van der Waals surface area (Å²) in [6.45, 7) is 1.84. The Balaban J connectivity index is 1.82. The lowest BCUT2D eigenvalue weighted by Crippen LogP contribution is -2.18. The van der Waals surface area contributed by atoms with Gasteiger partial charge < -0.3 is 14.0 Å². The van der Waals surface area contributed by atoms with Crippen LogP contribution < -0.4 is 14.3 Å². The number of nitrogens with zero attached hydrogens (tertiary/aromatic N) is 2. The minimum absolute atomic E-state index is 0.284. The van der Waals surface area contributed by atoms with Crippen LogP contribution in [0.25, 0.3) is 10.2 Å². The second-order valence-corrected chi connectivity index (χ2v) is 8.35. The van der Waals surface area contributed by atoms with E-state index in [1.54, 1.807) is 36.0 Å². The van der Waals surface area contributed by atoms with E-state index in [4.69, 9.17) is 21.1 Å². The topological polar surface area (TPSA) is 52.8 Å². The molecule has 0 radical (unpaired) electrons. The maximum atomic E-state index is 12.6. The Morgan fingerprint density at radius 2 is 1.93 bits per heavy atom. The summed E-state index contributed by atoms with van der Waals surface area (Å²) < 4.78 is 14.5. The summed E-state index contributed by atoms with van der Waals surface area (Å²) in [5.74, 6) is 2.11. The summed E-state index contributed by atoms with van der Waals surface area (Å²) in [4.78, 5) is 17.7. The van der Waals surface area contributed by atoms with Gasteiger partial charge in [0.15, 0.2) is 16.3 Å². The summed E-state index contributed by atoms with van der Waals surface area (Å²) in [5, 5.41) is 0.592. The van der Waals surface area contributed by atoms with Crippen LogP contribution in [0.4, 0.5) is 0 Å². The van der Waals surface area contributed by atoms with E-state index in [-0.39, 0.29) is 5.91 Å². The Morgan fingerprint density at radius 3 is 2.63 bits per heavy atom. The highest BCUT2D eigenvalue weighted by molar-refractivity contribution is 7.98. The van der Waals surface area contributed by atoms with Crippen LogP contribution in [-0.4, -0.2) is 35.7 Å². The summed E-state index contributed by atoms with van der Waals surface area (Å²) in [6.07, 6.45) is 2.06. The third-order valence-corrected chi connectivity index (χ3v) is 6.04. The highest BCUT2D eigenvalue weighted by atomic mass is 35.5. The number of aromatic nitrogens is 1. The molecular weight excluding hydrogens is 404 g/mol. The van der Waals surface area contributed by atoms with Gasteiger partial charge in [-0.1, -0.05) is 22.9 Å². The number of benzene rings is 2. The fourth-order valence-corrected chi connectivity index (χ4v) is 4.39. The Morgan fingerprint density at radius 1 is 1.22 bits per heavy atom. The number of amides is 1. The average molecular weight is 421 g/mol. The molecule has 0 fully saturated rings. The molecule has 0 spiro atoms. The second-order valence-electron chi connectivity index (χ2n) is 5.92. The SMILES string of the molecule is CSCCn1c(=NC(=O)c2ccc(Cl)cc2)sc2cc3c(cc21)OCCO3. The van der Waals surface area contributed by atoms with E-state index >= 15 is 0 Å². The van der Waals surface area contributed by atoms with Crippen molar-refractivity contribution in [2.45, 2.75) is 6.54 Å². The number of rotatable bonds is 4. The molecule has 0 saturated carbocycles. The summed E-state index contributed by atoms with van der Waals surface area (Å²) in [5.41, 5.74) is 1.51. The lowest BCUT2D eigenvalue weighted by Gasteiger charge is -2.18. The van der Waals surface area contributed by atoms with Crippen molar-refractivity contribution in [2.75, 3.05) is 25.2 Å². The molecule has 1 aliphatic heterocycles. The molecule has 2 aromatic carbocycles. The first-order chi connectivity index (χ1) is 13.2. The number of ether oxygens (including phenoxy) is 2. The molecule has 140 valence electrons. The number of carbonyl (C=O) groups is 1. The van der Waals surface area contributed by atoms with Crippen LogP contribution in [0.5, 0.6) is 11.5 Å². The Kier molecular flexibility index (Phi) is 5.43. The Labute approximate surface area is 169 Å². The molecule has 0 saturated heterocycles. The Hall–Kier alpha value is -1.96. The van der Waals surface area contributed by atoms with E-state index in [2.05, 4.69) is 15.8 Å². The van der Waals surface area contributed by atoms with Crippen molar-refractivity contribution in [3.05, 3.63) is 51.8 Å². The molecule has 0 atom stereocenters. The van der Waals surface area contributed by atoms with E-state index in [1.165, 1.54) is 11.3 Å². The fourth-order valence-electron chi connectivity index (χ4n) is 2.83. The molecule has 27 heavy (non-hydrogen) atoms. The molecule has 5 nitrogen and oxygen atoms in total. The normalized spacial score (nSPS) is 13.9. The molecule has 3 aromatic rings. The van der Waals surface area contributed by atoms with Gasteiger partial charge in [-0.25, -0.2) is 0 Å². The third kappa shape index (κ3) is 3.85. The number of thioether (sulfide) groups is 1. The monoisotopic (exact) mass is 420 g/mol. The van der Waals surface area contributed by atoms with Crippen LogP contribution in [0.15, 0.2) is 41.4 Å². The molecule has 0 bridgehead atoms. The van der Waals surface area contributed by atoms with Crippen molar-refractivity contribution in [3.63, 3.8) is 0 Å². The molecule has 8 heteroatoms. The van der Waals surface area contributed by atoms with Gasteiger partial charge in [0.05, 0.1) is 10.2 Å². The number of fused-ring (bicyclic) bond motifs is 2. The Bertz CT molecular complexity index is 1060. The molecule has 4 rings (SSSR count). The van der Waals surface area contributed by atoms with Crippen LogP contribution in [0, 0.1) is 0 Å². The standard InChI is InChI=1S/C19H17ClN2O3S2/c1-26-9-6-22-14-10-15-16(25-8-7-24-15)11-17(14)27-19(22)21-18(23)12-2-4-13(20)5-3-12/h2-5,10-11H,6-9H2,1H3. The fraction of sp³-hybridized carbons (Fsp3) is 0.263. The molecule has 2 heterocycles. The third-order valence-electron chi connectivity index (χ3n) is 4.15. The number of carbonyl (C=O) groups excluding carboxylic acids is 1. The van der Waals surface area contributed by atoms with E-state index in [1.807, 2.05) is 12.1 Å². The van der Waals surface area contributed by atoms with Gasteiger partial charge in [0.25, 0.3) is 5.91 Å². The van der Waals surface area contributed by atoms with E-state index in [0.717, 1.165) is 34.0 Å². The lowest BCUT2D eigenvalue weighted by atomic mass is 10.2. The van der Waals surface area contributed by atoms with Crippen molar-refractivity contribution < 1.29 is 14.3 Å². The summed E-state index contributed by atoms with van der Waals surface area (Å²) in [6, 6.07) is 10.7. The first kappa shape index (κ1) is 18.4. The van der Waals surface area contributed by atoms with Crippen LogP contribution in [-0.2, 0) is 6.54 Å². The van der Waals surface area contributed by atoms with Gasteiger partial charge in [0.1, 0.15) is 13.2 Å². The zero-order chi connectivity index (χ0) is 18.8. The average Bonchev–Trinajstić information content (AvgIpc) is 3.00. The first-order valence-electron chi connectivity index (χ1n) is 8.42. The number of hydrogen-bond donors (Lipinski definition) is 0. The minimum Gasteiger partial charge on any atom is -0.486 e. The van der Waals surface area contributed by atoms with Crippen LogP contribution in [0.1, 0.15) is 10.4 Å². The molecule has 0 unspecified atom stereocenters. The van der Waals surface area contributed by atoms with Gasteiger partial charge in [-0.05, 0) is 30.5 Å². The number of halogens is 1. The van der Waals surface area contributed by atoms with E-state index in [9.17, 15) is 4.79 Å². The van der Waals surface area contributed by atoms with Gasteiger partial charge >= 0.3 is 0 Å². The van der Waals surface area contributed by atoms with Crippen molar-refractivity contribution in [1.29, 1.82) is 0 Å². The smallest absolute Gasteiger partial charge is 0.279 e. The van der Waals surface area contributed by atoms with Gasteiger partial charge in [-0.15, -0.1) is 0 Å². The molecular formula is C19H17ClN2O3S2. The number of aryl methyl sites for hydroxylation is 1. The first-order valence-corrected chi connectivity index (χ1v) is 11.0. The largest absolute Gasteiger partial charge is 0.486 e. The molecule has 1 amide bonds. The molecule has 0 aliphatic carbocycles. The van der Waals surface area contributed by atoms with Crippen molar-refractivity contribution >= 4 is 50.8 Å². The van der Waals surface area contributed by atoms with E-state index in [0.29, 0.717) is 28.6 Å². The van der Waals surface area contributed by atoms with Crippen molar-refractivity contribution in [1.82, 2.24) is 4.57 Å². The van der Waals surface area contributed by atoms with Crippen molar-refractivity contribution in [2.24, 2.45) is 4.99 Å².